The number of anilines is 1. The van der Waals surface area contributed by atoms with E-state index in [1.165, 1.54) is 0 Å². The van der Waals surface area contributed by atoms with Gasteiger partial charge in [0.2, 0.25) is 0 Å². The molecule has 1 saturated carbocycles. The van der Waals surface area contributed by atoms with E-state index >= 15 is 0 Å². The van der Waals surface area contributed by atoms with Gasteiger partial charge < -0.3 is 14.8 Å². The fourth-order valence-electron chi connectivity index (χ4n) is 4.53. The molecule has 0 spiro atoms. The first-order valence-corrected chi connectivity index (χ1v) is 12.3. The van der Waals surface area contributed by atoms with Crippen molar-refractivity contribution >= 4 is 39.1 Å². The number of aromatic nitrogens is 3. The molecule has 3 aromatic rings. The van der Waals surface area contributed by atoms with E-state index in [9.17, 15) is 0 Å². The SMILES string of the molecule is CSc1nc(C)c(-c2nc3ccccc3s2)c(NC2CC(C)C3OC(C)(C)OC23)n1. The van der Waals surface area contributed by atoms with Gasteiger partial charge in [0, 0.05) is 0 Å². The second kappa shape index (κ2) is 7.44. The summed E-state index contributed by atoms with van der Waals surface area (Å²) in [6.45, 7) is 8.24. The van der Waals surface area contributed by atoms with Gasteiger partial charge in [0.25, 0.3) is 0 Å². The van der Waals surface area contributed by atoms with Crippen LogP contribution in [0.25, 0.3) is 20.8 Å². The number of fused-ring (bicyclic) bond motifs is 2. The molecular formula is C22H26N4O2S2. The van der Waals surface area contributed by atoms with Crippen molar-refractivity contribution in [2.45, 2.75) is 63.3 Å². The lowest BCUT2D eigenvalue weighted by Gasteiger charge is -2.24. The van der Waals surface area contributed by atoms with Crippen molar-refractivity contribution in [1.82, 2.24) is 15.0 Å². The highest BCUT2D eigenvalue weighted by atomic mass is 32.2. The minimum absolute atomic E-state index is 0.00576. The topological polar surface area (TPSA) is 69.2 Å². The molecule has 1 aromatic carbocycles. The Morgan fingerprint density at radius 1 is 1.13 bits per heavy atom. The Labute approximate surface area is 184 Å². The molecule has 2 aromatic heterocycles. The Kier molecular flexibility index (Phi) is 5.01. The average molecular weight is 443 g/mol. The summed E-state index contributed by atoms with van der Waals surface area (Å²) in [4.78, 5) is 14.4. The van der Waals surface area contributed by atoms with Crippen molar-refractivity contribution in [1.29, 1.82) is 0 Å². The molecule has 3 heterocycles. The lowest BCUT2D eigenvalue weighted by molar-refractivity contribution is -0.156. The van der Waals surface area contributed by atoms with Gasteiger partial charge in [-0.15, -0.1) is 11.3 Å². The lowest BCUT2D eigenvalue weighted by Crippen LogP contribution is -2.35. The van der Waals surface area contributed by atoms with Crippen LogP contribution in [-0.2, 0) is 9.47 Å². The van der Waals surface area contributed by atoms with Crippen LogP contribution in [0.2, 0.25) is 0 Å². The van der Waals surface area contributed by atoms with Crippen LogP contribution in [0.4, 0.5) is 5.82 Å². The van der Waals surface area contributed by atoms with Crippen LogP contribution >= 0.6 is 23.1 Å². The van der Waals surface area contributed by atoms with E-state index in [2.05, 4.69) is 18.3 Å². The summed E-state index contributed by atoms with van der Waals surface area (Å²) < 4.78 is 13.6. The predicted octanol–water partition coefficient (Wildman–Crippen LogP) is 5.12. The summed E-state index contributed by atoms with van der Waals surface area (Å²) >= 11 is 3.22. The van der Waals surface area contributed by atoms with Crippen molar-refractivity contribution in [3.8, 4) is 10.6 Å². The van der Waals surface area contributed by atoms with Crippen LogP contribution in [0, 0.1) is 12.8 Å². The zero-order chi connectivity index (χ0) is 21.0. The van der Waals surface area contributed by atoms with Gasteiger partial charge in [-0.05, 0) is 51.5 Å². The fourth-order valence-corrected chi connectivity index (χ4v) is 6.01. The average Bonchev–Trinajstić information content (AvgIpc) is 3.34. The second-order valence-electron chi connectivity index (χ2n) is 8.53. The van der Waals surface area contributed by atoms with E-state index in [4.69, 9.17) is 24.4 Å². The molecule has 0 bridgehead atoms. The third-order valence-electron chi connectivity index (χ3n) is 5.83. The summed E-state index contributed by atoms with van der Waals surface area (Å²) in [5.74, 6) is 0.700. The van der Waals surface area contributed by atoms with Crippen LogP contribution in [-0.4, -0.2) is 45.2 Å². The minimum atomic E-state index is -0.550. The molecule has 1 N–H and O–H groups in total. The van der Waals surface area contributed by atoms with Crippen LogP contribution in [0.15, 0.2) is 29.4 Å². The van der Waals surface area contributed by atoms with Crippen LogP contribution < -0.4 is 5.32 Å². The highest BCUT2D eigenvalue weighted by Gasteiger charge is 2.52. The number of thioether (sulfide) groups is 1. The monoisotopic (exact) mass is 442 g/mol. The van der Waals surface area contributed by atoms with Gasteiger partial charge in [-0.2, -0.15) is 0 Å². The number of hydrogen-bond donors (Lipinski definition) is 1. The smallest absolute Gasteiger partial charge is 0.189 e. The number of rotatable bonds is 4. The Hall–Kier alpha value is -1.74. The highest BCUT2D eigenvalue weighted by molar-refractivity contribution is 7.98. The zero-order valence-corrected chi connectivity index (χ0v) is 19.4. The highest BCUT2D eigenvalue weighted by Crippen LogP contribution is 2.44. The minimum Gasteiger partial charge on any atom is -0.364 e. The van der Waals surface area contributed by atoms with Gasteiger partial charge in [0.15, 0.2) is 10.9 Å². The molecule has 8 heteroatoms. The number of thiazole rings is 1. The van der Waals surface area contributed by atoms with Crippen molar-refractivity contribution in [3.05, 3.63) is 30.0 Å². The first kappa shape index (κ1) is 20.2. The molecule has 0 radical (unpaired) electrons. The first-order valence-electron chi connectivity index (χ1n) is 10.3. The summed E-state index contributed by atoms with van der Waals surface area (Å²) in [5, 5.41) is 5.40. The standard InChI is InChI=1S/C22H26N4O2S2/c1-11-10-14(18-17(11)27-22(3,4)28-18)24-19-16(12(2)23-21(26-19)29-5)20-25-13-8-6-7-9-15(13)30-20/h6-9,11,14,17-18H,10H2,1-5H3,(H,23,24,26). The molecule has 6 nitrogen and oxygen atoms in total. The molecule has 2 aliphatic rings. The Bertz CT molecular complexity index is 1070. The van der Waals surface area contributed by atoms with E-state index in [0.29, 0.717) is 5.92 Å². The van der Waals surface area contributed by atoms with Crippen molar-refractivity contribution < 1.29 is 9.47 Å². The number of hydrogen-bond acceptors (Lipinski definition) is 8. The Morgan fingerprint density at radius 2 is 1.90 bits per heavy atom. The normalized spacial score (nSPS) is 27.5. The molecule has 2 fully saturated rings. The molecule has 158 valence electrons. The number of ether oxygens (including phenoxy) is 2. The molecule has 0 amide bonds. The molecular weight excluding hydrogens is 416 g/mol. The number of para-hydroxylation sites is 1. The van der Waals surface area contributed by atoms with E-state index in [-0.39, 0.29) is 18.2 Å². The number of benzene rings is 1. The van der Waals surface area contributed by atoms with E-state index in [1.54, 1.807) is 23.1 Å². The maximum Gasteiger partial charge on any atom is 0.189 e. The summed E-state index contributed by atoms with van der Waals surface area (Å²) in [6.07, 6.45) is 3.08. The fraction of sp³-hybridized carbons (Fsp3) is 0.500. The summed E-state index contributed by atoms with van der Waals surface area (Å²) in [7, 11) is 0. The van der Waals surface area contributed by atoms with Gasteiger partial charge in [-0.3, -0.25) is 0 Å². The van der Waals surface area contributed by atoms with Crippen molar-refractivity contribution in [3.63, 3.8) is 0 Å². The largest absolute Gasteiger partial charge is 0.364 e. The Balaban J connectivity index is 1.55. The molecule has 30 heavy (non-hydrogen) atoms. The van der Waals surface area contributed by atoms with Gasteiger partial charge in [0.1, 0.15) is 16.9 Å². The molecule has 1 saturated heterocycles. The molecule has 4 unspecified atom stereocenters. The maximum atomic E-state index is 6.26. The van der Waals surface area contributed by atoms with Crippen molar-refractivity contribution in [2.75, 3.05) is 11.6 Å². The number of nitrogens with zero attached hydrogens (tertiary/aromatic N) is 3. The molecule has 4 atom stereocenters. The van der Waals surface area contributed by atoms with Crippen LogP contribution in [0.5, 0.6) is 0 Å². The first-order chi connectivity index (χ1) is 14.3. The predicted molar refractivity (Wildman–Crippen MR) is 122 cm³/mol. The van der Waals surface area contributed by atoms with Crippen molar-refractivity contribution in [2.24, 2.45) is 5.92 Å². The molecule has 1 aliphatic carbocycles. The summed E-state index contributed by atoms with van der Waals surface area (Å²) in [5.41, 5.74) is 2.91. The zero-order valence-electron chi connectivity index (χ0n) is 17.8. The van der Waals surface area contributed by atoms with Gasteiger partial charge in [-0.25, -0.2) is 15.0 Å². The quantitative estimate of drug-likeness (QED) is 0.444. The van der Waals surface area contributed by atoms with E-state index in [0.717, 1.165) is 43.9 Å². The van der Waals surface area contributed by atoms with Gasteiger partial charge in [-0.1, -0.05) is 30.8 Å². The van der Waals surface area contributed by atoms with E-state index in [1.807, 2.05) is 45.2 Å². The summed E-state index contributed by atoms with van der Waals surface area (Å²) in [6, 6.07) is 8.34. The second-order valence-corrected chi connectivity index (χ2v) is 10.3. The number of nitrogens with one attached hydrogen (secondary N) is 1. The van der Waals surface area contributed by atoms with Crippen LogP contribution in [0.1, 0.15) is 32.9 Å². The third-order valence-corrected chi connectivity index (χ3v) is 7.43. The van der Waals surface area contributed by atoms with Crippen LogP contribution in [0.3, 0.4) is 0 Å². The molecule has 5 rings (SSSR count). The van der Waals surface area contributed by atoms with Gasteiger partial charge in [0.05, 0.1) is 33.6 Å². The molecule has 1 aliphatic heterocycles. The third kappa shape index (κ3) is 3.49. The lowest BCUT2D eigenvalue weighted by atomic mass is 10.1. The van der Waals surface area contributed by atoms with Gasteiger partial charge >= 0.3 is 0 Å². The Morgan fingerprint density at radius 3 is 2.67 bits per heavy atom. The number of aryl methyl sites for hydroxylation is 1. The maximum absolute atomic E-state index is 6.26. The van der Waals surface area contributed by atoms with E-state index < -0.39 is 5.79 Å².